The first-order valence-electron chi connectivity index (χ1n) is 4.07. The predicted octanol–water partition coefficient (Wildman–Crippen LogP) is 1.63. The number of urea groups is 1. The van der Waals surface area contributed by atoms with Crippen LogP contribution in [-0.4, -0.2) is 12.2 Å². The van der Waals surface area contributed by atoms with Gasteiger partial charge in [0.05, 0.1) is 6.21 Å². The summed E-state index contributed by atoms with van der Waals surface area (Å²) in [4.78, 5) is 10.3. The molecule has 6 heteroatoms. The molecule has 0 bridgehead atoms. The molecule has 0 aliphatic carbocycles. The SMILES string of the molecule is NC(=O)NN=Cc1ccccc1C(F)F. The third-order valence-electron chi connectivity index (χ3n) is 1.61. The van der Waals surface area contributed by atoms with E-state index in [0.29, 0.717) is 0 Å². The number of benzene rings is 1. The van der Waals surface area contributed by atoms with Crippen LogP contribution in [0.25, 0.3) is 0 Å². The molecule has 0 spiro atoms. The zero-order valence-corrected chi connectivity index (χ0v) is 7.65. The van der Waals surface area contributed by atoms with Gasteiger partial charge in [-0.2, -0.15) is 5.10 Å². The van der Waals surface area contributed by atoms with Crippen LogP contribution in [0.5, 0.6) is 0 Å². The van der Waals surface area contributed by atoms with Crippen LogP contribution >= 0.6 is 0 Å². The fraction of sp³-hybridized carbons (Fsp3) is 0.111. The molecule has 0 radical (unpaired) electrons. The molecule has 1 rings (SSSR count). The highest BCUT2D eigenvalue weighted by Crippen LogP contribution is 2.21. The molecule has 15 heavy (non-hydrogen) atoms. The summed E-state index contributed by atoms with van der Waals surface area (Å²) >= 11 is 0. The zero-order valence-electron chi connectivity index (χ0n) is 7.65. The van der Waals surface area contributed by atoms with Crippen LogP contribution in [0.4, 0.5) is 13.6 Å². The predicted molar refractivity (Wildman–Crippen MR) is 51.7 cm³/mol. The maximum absolute atomic E-state index is 12.4. The van der Waals surface area contributed by atoms with Gasteiger partial charge in [-0.3, -0.25) is 0 Å². The van der Waals surface area contributed by atoms with Crippen molar-refractivity contribution in [3.63, 3.8) is 0 Å². The second-order valence-electron chi connectivity index (χ2n) is 2.66. The van der Waals surface area contributed by atoms with Gasteiger partial charge in [0.25, 0.3) is 6.43 Å². The number of halogens is 2. The summed E-state index contributed by atoms with van der Waals surface area (Å²) in [5.74, 6) is 0. The van der Waals surface area contributed by atoms with Crippen molar-refractivity contribution in [3.05, 3.63) is 35.4 Å². The van der Waals surface area contributed by atoms with Gasteiger partial charge < -0.3 is 5.73 Å². The van der Waals surface area contributed by atoms with Crippen molar-refractivity contribution in [3.8, 4) is 0 Å². The minimum absolute atomic E-state index is 0.146. The van der Waals surface area contributed by atoms with Gasteiger partial charge in [-0.25, -0.2) is 19.0 Å². The van der Waals surface area contributed by atoms with E-state index >= 15 is 0 Å². The molecule has 4 nitrogen and oxygen atoms in total. The molecule has 80 valence electrons. The van der Waals surface area contributed by atoms with E-state index in [0.717, 1.165) is 6.21 Å². The molecule has 3 N–H and O–H groups in total. The Morgan fingerprint density at radius 2 is 2.13 bits per heavy atom. The van der Waals surface area contributed by atoms with Crippen LogP contribution in [0.15, 0.2) is 29.4 Å². The van der Waals surface area contributed by atoms with Crippen molar-refractivity contribution in [2.24, 2.45) is 10.8 Å². The Labute approximate surface area is 84.8 Å². The molecule has 0 saturated carbocycles. The van der Waals surface area contributed by atoms with E-state index in [2.05, 4.69) is 5.10 Å². The van der Waals surface area contributed by atoms with Crippen molar-refractivity contribution in [1.29, 1.82) is 0 Å². The normalized spacial score (nSPS) is 10.9. The Morgan fingerprint density at radius 1 is 1.47 bits per heavy atom. The highest BCUT2D eigenvalue weighted by molar-refractivity contribution is 5.83. The lowest BCUT2D eigenvalue weighted by molar-refractivity contribution is 0.151. The molecule has 0 heterocycles. The van der Waals surface area contributed by atoms with Crippen LogP contribution in [-0.2, 0) is 0 Å². The molecule has 0 aliphatic heterocycles. The Morgan fingerprint density at radius 3 is 2.73 bits per heavy atom. The largest absolute Gasteiger partial charge is 0.350 e. The fourth-order valence-corrected chi connectivity index (χ4v) is 0.993. The van der Waals surface area contributed by atoms with Crippen LogP contribution in [0.2, 0.25) is 0 Å². The topological polar surface area (TPSA) is 67.5 Å². The molecule has 0 aromatic heterocycles. The van der Waals surface area contributed by atoms with E-state index in [9.17, 15) is 13.6 Å². The molecule has 1 aromatic carbocycles. The highest BCUT2D eigenvalue weighted by atomic mass is 19.3. The summed E-state index contributed by atoms with van der Waals surface area (Å²) in [5.41, 5.74) is 6.76. The number of hydrogen-bond acceptors (Lipinski definition) is 2. The summed E-state index contributed by atoms with van der Waals surface area (Å²) in [6, 6.07) is 5.00. The van der Waals surface area contributed by atoms with Gasteiger partial charge in [0.15, 0.2) is 0 Å². The molecule has 0 aliphatic rings. The summed E-state index contributed by atoms with van der Waals surface area (Å²) in [7, 11) is 0. The highest BCUT2D eigenvalue weighted by Gasteiger charge is 2.10. The van der Waals surface area contributed by atoms with Gasteiger partial charge in [-0.1, -0.05) is 24.3 Å². The van der Waals surface area contributed by atoms with Crippen LogP contribution in [0, 0.1) is 0 Å². The number of amides is 2. The number of carbonyl (C=O) groups excluding carboxylic acids is 1. The molecule has 0 unspecified atom stereocenters. The summed E-state index contributed by atoms with van der Waals surface area (Å²) in [5, 5.41) is 3.40. The third-order valence-corrected chi connectivity index (χ3v) is 1.61. The lowest BCUT2D eigenvalue weighted by Gasteiger charge is -2.02. The Balaban J connectivity index is 2.84. The van der Waals surface area contributed by atoms with Crippen molar-refractivity contribution in [2.75, 3.05) is 0 Å². The lowest BCUT2D eigenvalue weighted by Crippen LogP contribution is -2.24. The smallest absolute Gasteiger partial charge is 0.332 e. The summed E-state index contributed by atoms with van der Waals surface area (Å²) in [6.07, 6.45) is -1.46. The first kappa shape index (κ1) is 11.1. The second kappa shape index (κ2) is 5.04. The van der Waals surface area contributed by atoms with E-state index in [1.165, 1.54) is 18.2 Å². The maximum atomic E-state index is 12.4. The van der Waals surface area contributed by atoms with E-state index < -0.39 is 12.5 Å². The van der Waals surface area contributed by atoms with Crippen LogP contribution in [0.1, 0.15) is 17.6 Å². The minimum atomic E-state index is -2.58. The molecule has 0 fully saturated rings. The average molecular weight is 213 g/mol. The van der Waals surface area contributed by atoms with Crippen LogP contribution in [0.3, 0.4) is 0 Å². The van der Waals surface area contributed by atoms with E-state index in [-0.39, 0.29) is 11.1 Å². The first-order chi connectivity index (χ1) is 7.11. The molecular formula is C9H9F2N3O. The van der Waals surface area contributed by atoms with E-state index in [1.807, 2.05) is 5.43 Å². The van der Waals surface area contributed by atoms with E-state index in [1.54, 1.807) is 6.07 Å². The van der Waals surface area contributed by atoms with Gasteiger partial charge in [-0.05, 0) is 0 Å². The molecular weight excluding hydrogens is 204 g/mol. The minimum Gasteiger partial charge on any atom is -0.350 e. The summed E-state index contributed by atoms with van der Waals surface area (Å²) < 4.78 is 24.9. The molecule has 2 amide bonds. The number of rotatable bonds is 3. The van der Waals surface area contributed by atoms with Gasteiger partial charge in [-0.15, -0.1) is 0 Å². The Hall–Kier alpha value is -1.98. The van der Waals surface area contributed by atoms with Gasteiger partial charge in [0.2, 0.25) is 0 Å². The summed E-state index contributed by atoms with van der Waals surface area (Å²) in [6.45, 7) is 0. The van der Waals surface area contributed by atoms with Gasteiger partial charge >= 0.3 is 6.03 Å². The molecule has 0 saturated heterocycles. The van der Waals surface area contributed by atoms with Gasteiger partial charge in [0, 0.05) is 11.1 Å². The third kappa shape index (κ3) is 3.34. The number of alkyl halides is 2. The number of nitrogens with zero attached hydrogens (tertiary/aromatic N) is 1. The van der Waals surface area contributed by atoms with Crippen molar-refractivity contribution >= 4 is 12.2 Å². The number of carbonyl (C=O) groups is 1. The number of nitrogens with two attached hydrogens (primary N) is 1. The van der Waals surface area contributed by atoms with Crippen molar-refractivity contribution in [1.82, 2.24) is 5.43 Å². The number of primary amides is 1. The quantitative estimate of drug-likeness (QED) is 0.581. The molecule has 0 atom stereocenters. The van der Waals surface area contributed by atoms with Crippen molar-refractivity contribution in [2.45, 2.75) is 6.43 Å². The fourth-order valence-electron chi connectivity index (χ4n) is 0.993. The number of nitrogens with one attached hydrogen (secondary N) is 1. The average Bonchev–Trinajstić information content (AvgIpc) is 2.17. The first-order valence-corrected chi connectivity index (χ1v) is 4.07. The standard InChI is InChI=1S/C9H9F2N3O/c10-8(11)7-4-2-1-3-6(7)5-13-14-9(12)15/h1-5,8H,(H3,12,14,15). The maximum Gasteiger partial charge on any atom is 0.332 e. The van der Waals surface area contributed by atoms with E-state index in [4.69, 9.17) is 5.73 Å². The van der Waals surface area contributed by atoms with Crippen molar-refractivity contribution < 1.29 is 13.6 Å². The Bertz CT molecular complexity index is 379. The monoisotopic (exact) mass is 213 g/mol. The Kier molecular flexibility index (Phi) is 3.73. The zero-order chi connectivity index (χ0) is 11.3. The second-order valence-corrected chi connectivity index (χ2v) is 2.66. The molecule has 1 aromatic rings. The number of hydrazone groups is 1. The lowest BCUT2D eigenvalue weighted by atomic mass is 10.1. The van der Waals surface area contributed by atoms with Gasteiger partial charge in [0.1, 0.15) is 0 Å². The number of hydrogen-bond donors (Lipinski definition) is 2. The van der Waals surface area contributed by atoms with Crippen LogP contribution < -0.4 is 11.2 Å².